The number of fused-ring (bicyclic) bond motifs is 1. The lowest BCUT2D eigenvalue weighted by Crippen LogP contribution is -2.17. The van der Waals surface area contributed by atoms with E-state index in [4.69, 9.17) is 0 Å². The predicted molar refractivity (Wildman–Crippen MR) is 115 cm³/mol. The molecule has 2 N–H and O–H groups in total. The van der Waals surface area contributed by atoms with Gasteiger partial charge in [0.1, 0.15) is 11.3 Å². The van der Waals surface area contributed by atoms with E-state index in [1.165, 1.54) is 4.57 Å². The third kappa shape index (κ3) is 3.47. The molecule has 0 unspecified atom stereocenters. The number of nitriles is 1. The Morgan fingerprint density at radius 2 is 2.03 bits per heavy atom. The monoisotopic (exact) mass is 397 g/mol. The number of nitrogens with zero attached hydrogens (tertiary/aromatic N) is 3. The number of aromatic nitrogens is 3. The third-order valence-electron chi connectivity index (χ3n) is 5.00. The molecule has 0 aliphatic carbocycles. The number of amides is 1. The molecule has 0 radical (unpaired) electrons. The van der Waals surface area contributed by atoms with Crippen molar-refractivity contribution in [3.05, 3.63) is 81.9 Å². The molecule has 4 aromatic rings. The smallest absolute Gasteiger partial charge is 0.274 e. The fourth-order valence-corrected chi connectivity index (χ4v) is 3.47. The van der Waals surface area contributed by atoms with E-state index in [0.29, 0.717) is 28.2 Å². The van der Waals surface area contributed by atoms with Gasteiger partial charge in [-0.15, -0.1) is 0 Å². The highest BCUT2D eigenvalue weighted by Crippen LogP contribution is 2.28. The van der Waals surface area contributed by atoms with Gasteiger partial charge in [-0.1, -0.05) is 24.3 Å². The van der Waals surface area contributed by atoms with Gasteiger partial charge in [0, 0.05) is 30.4 Å². The van der Waals surface area contributed by atoms with E-state index >= 15 is 0 Å². The van der Waals surface area contributed by atoms with Crippen molar-refractivity contribution in [2.24, 2.45) is 7.05 Å². The molecule has 4 rings (SSSR count). The average Bonchev–Trinajstić information content (AvgIpc) is 3.23. The van der Waals surface area contributed by atoms with Crippen LogP contribution in [0.25, 0.3) is 22.2 Å². The second-order valence-corrected chi connectivity index (χ2v) is 7.08. The van der Waals surface area contributed by atoms with Gasteiger partial charge in [-0.2, -0.15) is 5.26 Å². The highest BCUT2D eigenvalue weighted by molar-refractivity contribution is 5.95. The summed E-state index contributed by atoms with van der Waals surface area (Å²) in [4.78, 5) is 32.5. The first kappa shape index (κ1) is 19.2. The van der Waals surface area contributed by atoms with Gasteiger partial charge in [0.15, 0.2) is 0 Å². The predicted octanol–water partition coefficient (Wildman–Crippen LogP) is 3.29. The first-order valence-corrected chi connectivity index (χ1v) is 9.40. The number of carbonyl (C=O) groups is 1. The van der Waals surface area contributed by atoms with Crippen LogP contribution in [0.5, 0.6) is 0 Å². The fourth-order valence-electron chi connectivity index (χ4n) is 3.47. The van der Waals surface area contributed by atoms with Crippen LogP contribution in [0.15, 0.2) is 59.7 Å². The molecule has 7 nitrogen and oxygen atoms in total. The summed E-state index contributed by atoms with van der Waals surface area (Å²) in [5.41, 5.74) is 3.95. The molecule has 3 aromatic heterocycles. The van der Waals surface area contributed by atoms with Crippen LogP contribution in [-0.4, -0.2) is 20.4 Å². The van der Waals surface area contributed by atoms with Crippen LogP contribution >= 0.6 is 0 Å². The minimum absolute atomic E-state index is 0.0799. The zero-order valence-electron chi connectivity index (χ0n) is 16.6. The van der Waals surface area contributed by atoms with Crippen molar-refractivity contribution >= 4 is 22.6 Å². The molecule has 0 atom stereocenters. The quantitative estimate of drug-likeness (QED) is 0.551. The van der Waals surface area contributed by atoms with E-state index < -0.39 is 0 Å². The molecule has 1 amide bonds. The molecule has 0 aliphatic heterocycles. The molecule has 3 heterocycles. The summed E-state index contributed by atoms with van der Waals surface area (Å²) in [6, 6.07) is 14.6. The lowest BCUT2D eigenvalue weighted by atomic mass is 10.0. The Morgan fingerprint density at radius 3 is 2.83 bits per heavy atom. The minimum Gasteiger partial charge on any atom is -0.357 e. The van der Waals surface area contributed by atoms with Gasteiger partial charge in [-0.05, 0) is 36.2 Å². The van der Waals surface area contributed by atoms with Crippen molar-refractivity contribution in [1.29, 1.82) is 5.26 Å². The maximum absolute atomic E-state index is 12.5. The molecule has 0 saturated carbocycles. The van der Waals surface area contributed by atoms with E-state index in [0.717, 1.165) is 16.5 Å². The van der Waals surface area contributed by atoms with Crippen LogP contribution in [0.2, 0.25) is 0 Å². The zero-order chi connectivity index (χ0) is 21.3. The highest BCUT2D eigenvalue weighted by atomic mass is 16.1. The summed E-state index contributed by atoms with van der Waals surface area (Å²) in [5.74, 6) is 0.153. The van der Waals surface area contributed by atoms with Gasteiger partial charge in [0.05, 0.1) is 23.7 Å². The Labute approximate surface area is 172 Å². The number of carbonyl (C=O) groups excluding carboxylic acids is 1. The molecule has 1 aromatic carbocycles. The largest absolute Gasteiger partial charge is 0.357 e. The van der Waals surface area contributed by atoms with E-state index in [1.807, 2.05) is 19.1 Å². The Hall–Kier alpha value is -4.18. The van der Waals surface area contributed by atoms with Gasteiger partial charge < -0.3 is 14.9 Å². The molecule has 30 heavy (non-hydrogen) atoms. The van der Waals surface area contributed by atoms with Crippen molar-refractivity contribution in [2.45, 2.75) is 13.3 Å². The van der Waals surface area contributed by atoms with Crippen LogP contribution in [0.3, 0.4) is 0 Å². The van der Waals surface area contributed by atoms with Crippen molar-refractivity contribution in [3.63, 3.8) is 0 Å². The van der Waals surface area contributed by atoms with E-state index in [1.54, 1.807) is 49.8 Å². The topological polar surface area (TPSA) is 104 Å². The number of pyridine rings is 2. The maximum Gasteiger partial charge on any atom is 0.274 e. The SMILES string of the molecule is Cc1ccc(NC(=O)Cc2ccccc2C#N)nc1-c1cn(C)c(=O)c2[nH]ccc12. The molecule has 148 valence electrons. The van der Waals surface area contributed by atoms with Gasteiger partial charge in [-0.25, -0.2) is 4.98 Å². The number of hydrogen-bond donors (Lipinski definition) is 2. The maximum atomic E-state index is 12.5. The van der Waals surface area contributed by atoms with E-state index in [-0.39, 0.29) is 17.9 Å². The van der Waals surface area contributed by atoms with Crippen molar-refractivity contribution < 1.29 is 4.79 Å². The van der Waals surface area contributed by atoms with Gasteiger partial charge in [0.25, 0.3) is 5.56 Å². The molecule has 0 bridgehead atoms. The minimum atomic E-state index is -0.257. The third-order valence-corrected chi connectivity index (χ3v) is 5.00. The molecule has 7 heteroatoms. The van der Waals surface area contributed by atoms with Crippen LogP contribution in [-0.2, 0) is 18.3 Å². The molecule has 0 aliphatic rings. The first-order valence-electron chi connectivity index (χ1n) is 9.40. The lowest BCUT2D eigenvalue weighted by Gasteiger charge is -2.12. The van der Waals surface area contributed by atoms with Gasteiger partial charge >= 0.3 is 0 Å². The van der Waals surface area contributed by atoms with Crippen molar-refractivity contribution in [3.8, 4) is 17.3 Å². The fraction of sp³-hybridized carbons (Fsp3) is 0.130. The number of rotatable bonds is 4. The molecule has 0 fully saturated rings. The molecular weight excluding hydrogens is 378 g/mol. The number of aryl methyl sites for hydroxylation is 2. The normalized spacial score (nSPS) is 10.7. The Balaban J connectivity index is 1.67. The summed E-state index contributed by atoms with van der Waals surface area (Å²) in [6.07, 6.45) is 3.56. The first-order chi connectivity index (χ1) is 14.5. The highest BCUT2D eigenvalue weighted by Gasteiger charge is 2.15. The zero-order valence-corrected chi connectivity index (χ0v) is 16.6. The van der Waals surface area contributed by atoms with Crippen molar-refractivity contribution in [2.75, 3.05) is 5.32 Å². The van der Waals surface area contributed by atoms with E-state index in [9.17, 15) is 14.9 Å². The summed E-state index contributed by atoms with van der Waals surface area (Å²) >= 11 is 0. The molecule has 0 spiro atoms. The summed E-state index contributed by atoms with van der Waals surface area (Å²) in [5, 5.41) is 12.8. The number of benzene rings is 1. The number of hydrogen-bond acceptors (Lipinski definition) is 4. The number of aromatic amines is 1. The Morgan fingerprint density at radius 1 is 1.23 bits per heavy atom. The summed E-state index contributed by atoms with van der Waals surface area (Å²) in [7, 11) is 1.69. The van der Waals surface area contributed by atoms with Crippen LogP contribution in [0.4, 0.5) is 5.82 Å². The number of nitrogens with one attached hydrogen (secondary N) is 2. The molecule has 0 saturated heterocycles. The second-order valence-electron chi connectivity index (χ2n) is 7.08. The number of anilines is 1. The average molecular weight is 397 g/mol. The van der Waals surface area contributed by atoms with E-state index in [2.05, 4.69) is 21.4 Å². The number of H-pyrrole nitrogens is 1. The lowest BCUT2D eigenvalue weighted by molar-refractivity contribution is -0.115. The standard InChI is InChI=1S/C23H19N5O2/c1-14-7-8-19(26-20(29)11-15-5-3-4-6-16(15)12-24)27-21(14)18-13-28(2)23(30)22-17(18)9-10-25-22/h3-10,13,25H,11H2,1-2H3,(H,26,27,29). The second kappa shape index (κ2) is 7.68. The summed E-state index contributed by atoms with van der Waals surface area (Å²) in [6.45, 7) is 1.93. The van der Waals surface area contributed by atoms with Crippen LogP contribution in [0.1, 0.15) is 16.7 Å². The van der Waals surface area contributed by atoms with Crippen molar-refractivity contribution in [1.82, 2.24) is 14.5 Å². The van der Waals surface area contributed by atoms with Crippen LogP contribution < -0.4 is 10.9 Å². The van der Waals surface area contributed by atoms with Gasteiger partial charge in [-0.3, -0.25) is 9.59 Å². The van der Waals surface area contributed by atoms with Crippen LogP contribution in [0, 0.1) is 18.3 Å². The van der Waals surface area contributed by atoms with Gasteiger partial charge in [0.2, 0.25) is 5.91 Å². The molecular formula is C23H19N5O2. The Kier molecular flexibility index (Phi) is 4.90. The summed E-state index contributed by atoms with van der Waals surface area (Å²) < 4.78 is 1.51. The Bertz CT molecular complexity index is 1370.